The Hall–Kier alpha value is -2.49. The zero-order chi connectivity index (χ0) is 23.9. The number of carbonyl (C=O) groups is 1. The summed E-state index contributed by atoms with van der Waals surface area (Å²) < 4.78 is 5.90. The smallest absolute Gasteiger partial charge is 0.255 e. The molecule has 4 heteroatoms. The van der Waals surface area contributed by atoms with Gasteiger partial charge in [-0.05, 0) is 43.2 Å². The van der Waals surface area contributed by atoms with Crippen LogP contribution in [0.15, 0.2) is 42.5 Å². The zero-order valence-electron chi connectivity index (χ0n) is 21.2. The Balaban J connectivity index is 0.00000187. The summed E-state index contributed by atoms with van der Waals surface area (Å²) in [4.78, 5) is 12.4. The van der Waals surface area contributed by atoms with Gasteiger partial charge in [-0.1, -0.05) is 102 Å². The fourth-order valence-electron chi connectivity index (χ4n) is 4.07. The van der Waals surface area contributed by atoms with E-state index in [9.17, 15) is 4.79 Å². The van der Waals surface area contributed by atoms with Gasteiger partial charge in [0.05, 0.1) is 12.2 Å². The molecule has 0 saturated heterocycles. The van der Waals surface area contributed by atoms with E-state index in [1.54, 1.807) is 0 Å². The summed E-state index contributed by atoms with van der Waals surface area (Å²) in [6.45, 7) is 9.03. The van der Waals surface area contributed by atoms with Gasteiger partial charge in [-0.25, -0.2) is 0 Å². The van der Waals surface area contributed by atoms with Gasteiger partial charge >= 0.3 is 0 Å². The number of fused-ring (bicyclic) bond motifs is 1. The molecule has 0 radical (unpaired) electrons. The lowest BCUT2D eigenvalue weighted by atomic mass is 10.0. The van der Waals surface area contributed by atoms with E-state index in [1.807, 2.05) is 63.2 Å². The second kappa shape index (κ2) is 15.4. The summed E-state index contributed by atoms with van der Waals surface area (Å²) in [6.07, 6.45) is 13.1. The molecular formula is C29H44N2O2. The van der Waals surface area contributed by atoms with Crippen LogP contribution in [0.1, 0.15) is 113 Å². The number of ether oxygens (including phenoxy) is 1. The van der Waals surface area contributed by atoms with E-state index in [2.05, 4.69) is 17.6 Å². The Morgan fingerprint density at radius 3 is 2.03 bits per heavy atom. The summed E-state index contributed by atoms with van der Waals surface area (Å²) in [5.41, 5.74) is 3.68. The molecule has 1 aliphatic heterocycles. The van der Waals surface area contributed by atoms with E-state index in [0.717, 1.165) is 35.6 Å². The molecule has 0 fully saturated rings. The van der Waals surface area contributed by atoms with Gasteiger partial charge in [-0.3, -0.25) is 4.79 Å². The van der Waals surface area contributed by atoms with Crippen molar-refractivity contribution in [3.8, 4) is 5.75 Å². The standard InChI is InChI=1S/C27H38N2O2.C2H6/c1-3-4-5-6-7-8-9-10-11-12-19-31-23-16-14-22(15-17-23)26-28-25-18-13-21(2)20-24(25)27(30)29-26;1-2/h13-18,20,26,28H,3-12,19H2,1-2H3,(H,29,30);1-2H3. The highest BCUT2D eigenvalue weighted by Gasteiger charge is 2.24. The molecular weight excluding hydrogens is 408 g/mol. The molecule has 33 heavy (non-hydrogen) atoms. The van der Waals surface area contributed by atoms with Crippen LogP contribution in [-0.2, 0) is 0 Å². The molecule has 2 aromatic rings. The Labute approximate surface area is 201 Å². The minimum Gasteiger partial charge on any atom is -0.494 e. The molecule has 2 N–H and O–H groups in total. The highest BCUT2D eigenvalue weighted by molar-refractivity contribution is 6.01. The van der Waals surface area contributed by atoms with Gasteiger partial charge in [-0.15, -0.1) is 0 Å². The number of carbonyl (C=O) groups excluding carboxylic acids is 1. The first-order chi connectivity index (χ1) is 16.2. The van der Waals surface area contributed by atoms with Gasteiger partial charge in [-0.2, -0.15) is 0 Å². The number of anilines is 1. The maximum absolute atomic E-state index is 12.4. The van der Waals surface area contributed by atoms with Crippen molar-refractivity contribution in [2.45, 2.75) is 98.1 Å². The molecule has 1 atom stereocenters. The van der Waals surface area contributed by atoms with Crippen molar-refractivity contribution in [1.29, 1.82) is 0 Å². The van der Waals surface area contributed by atoms with Crippen LogP contribution in [0.4, 0.5) is 5.69 Å². The molecule has 2 aromatic carbocycles. The Morgan fingerprint density at radius 1 is 0.788 bits per heavy atom. The minimum absolute atomic E-state index is 0.0382. The topological polar surface area (TPSA) is 50.4 Å². The largest absolute Gasteiger partial charge is 0.494 e. The van der Waals surface area contributed by atoms with Gasteiger partial charge in [0.15, 0.2) is 0 Å². The quantitative estimate of drug-likeness (QED) is 0.301. The molecule has 0 spiro atoms. The summed E-state index contributed by atoms with van der Waals surface area (Å²) in [5.74, 6) is 0.849. The average Bonchev–Trinajstić information content (AvgIpc) is 2.84. The van der Waals surface area contributed by atoms with Gasteiger partial charge in [0.25, 0.3) is 5.91 Å². The molecule has 0 aromatic heterocycles. The predicted molar refractivity (Wildman–Crippen MR) is 140 cm³/mol. The van der Waals surface area contributed by atoms with Crippen LogP contribution in [0.5, 0.6) is 5.75 Å². The first kappa shape index (κ1) is 26.8. The molecule has 1 amide bonds. The zero-order valence-corrected chi connectivity index (χ0v) is 21.2. The third kappa shape index (κ3) is 9.11. The third-order valence-corrected chi connectivity index (χ3v) is 5.98. The van der Waals surface area contributed by atoms with Gasteiger partial charge in [0.1, 0.15) is 11.9 Å². The lowest BCUT2D eigenvalue weighted by molar-refractivity contribution is 0.0935. The van der Waals surface area contributed by atoms with Crippen LogP contribution >= 0.6 is 0 Å². The van der Waals surface area contributed by atoms with E-state index in [-0.39, 0.29) is 12.1 Å². The monoisotopic (exact) mass is 452 g/mol. The van der Waals surface area contributed by atoms with Gasteiger partial charge < -0.3 is 15.4 Å². The molecule has 3 rings (SSSR count). The Morgan fingerprint density at radius 2 is 1.39 bits per heavy atom. The Bertz CT molecular complexity index is 817. The predicted octanol–water partition coefficient (Wildman–Crippen LogP) is 8.18. The van der Waals surface area contributed by atoms with Crippen molar-refractivity contribution in [3.63, 3.8) is 0 Å². The van der Waals surface area contributed by atoms with Crippen LogP contribution in [0, 0.1) is 6.92 Å². The number of aryl methyl sites for hydroxylation is 1. The number of hydrogen-bond donors (Lipinski definition) is 2. The summed E-state index contributed by atoms with van der Waals surface area (Å²) in [5, 5.41) is 6.44. The van der Waals surface area contributed by atoms with Crippen molar-refractivity contribution < 1.29 is 9.53 Å². The van der Waals surface area contributed by atoms with E-state index in [1.165, 1.54) is 57.8 Å². The number of amides is 1. The fourth-order valence-corrected chi connectivity index (χ4v) is 4.07. The average molecular weight is 453 g/mol. The molecule has 0 saturated carbocycles. The second-order valence-electron chi connectivity index (χ2n) is 8.70. The fraction of sp³-hybridized carbons (Fsp3) is 0.552. The molecule has 0 aliphatic carbocycles. The first-order valence-electron chi connectivity index (χ1n) is 13.1. The van der Waals surface area contributed by atoms with Crippen LogP contribution in [0.2, 0.25) is 0 Å². The van der Waals surface area contributed by atoms with Crippen molar-refractivity contribution in [2.24, 2.45) is 0 Å². The van der Waals surface area contributed by atoms with Crippen molar-refractivity contribution >= 4 is 11.6 Å². The van der Waals surface area contributed by atoms with Crippen molar-refractivity contribution in [3.05, 3.63) is 59.2 Å². The maximum atomic E-state index is 12.4. The summed E-state index contributed by atoms with van der Waals surface area (Å²) >= 11 is 0. The highest BCUT2D eigenvalue weighted by atomic mass is 16.5. The van der Waals surface area contributed by atoms with Crippen LogP contribution in [0.3, 0.4) is 0 Å². The van der Waals surface area contributed by atoms with E-state index in [0.29, 0.717) is 5.56 Å². The Kier molecular flexibility index (Phi) is 12.5. The first-order valence-corrected chi connectivity index (χ1v) is 13.1. The summed E-state index contributed by atoms with van der Waals surface area (Å²) in [7, 11) is 0. The normalized spacial score (nSPS) is 14.4. The van der Waals surface area contributed by atoms with Crippen LogP contribution in [-0.4, -0.2) is 12.5 Å². The highest BCUT2D eigenvalue weighted by Crippen LogP contribution is 2.28. The maximum Gasteiger partial charge on any atom is 0.255 e. The second-order valence-corrected chi connectivity index (χ2v) is 8.70. The SMILES string of the molecule is CC.CCCCCCCCCCCCOc1ccc(C2NC(=O)c3cc(C)ccc3N2)cc1. The molecule has 1 heterocycles. The molecule has 182 valence electrons. The van der Waals surface area contributed by atoms with E-state index >= 15 is 0 Å². The molecule has 1 unspecified atom stereocenters. The number of nitrogens with one attached hydrogen (secondary N) is 2. The van der Waals surface area contributed by atoms with Gasteiger partial charge in [0, 0.05) is 5.69 Å². The lowest BCUT2D eigenvalue weighted by Crippen LogP contribution is -2.38. The molecule has 1 aliphatic rings. The van der Waals surface area contributed by atoms with Crippen LogP contribution in [0.25, 0.3) is 0 Å². The number of unbranched alkanes of at least 4 members (excludes halogenated alkanes) is 9. The molecule has 0 bridgehead atoms. The number of rotatable bonds is 13. The lowest BCUT2D eigenvalue weighted by Gasteiger charge is -2.28. The number of hydrogen-bond acceptors (Lipinski definition) is 3. The minimum atomic E-state index is -0.223. The van der Waals surface area contributed by atoms with E-state index < -0.39 is 0 Å². The van der Waals surface area contributed by atoms with E-state index in [4.69, 9.17) is 4.74 Å². The van der Waals surface area contributed by atoms with Gasteiger partial charge in [0.2, 0.25) is 0 Å². The third-order valence-electron chi connectivity index (χ3n) is 5.98. The van der Waals surface area contributed by atoms with Crippen molar-refractivity contribution in [2.75, 3.05) is 11.9 Å². The number of benzene rings is 2. The summed E-state index contributed by atoms with van der Waals surface area (Å²) in [6, 6.07) is 13.9. The van der Waals surface area contributed by atoms with Crippen molar-refractivity contribution in [1.82, 2.24) is 5.32 Å². The van der Waals surface area contributed by atoms with Crippen LogP contribution < -0.4 is 15.4 Å². The molecule has 4 nitrogen and oxygen atoms in total.